The summed E-state index contributed by atoms with van der Waals surface area (Å²) < 4.78 is 1.52. The van der Waals surface area contributed by atoms with Crippen LogP contribution >= 0.6 is 0 Å². The Morgan fingerprint density at radius 3 is 2.63 bits per heavy atom. The van der Waals surface area contributed by atoms with Crippen LogP contribution in [0.2, 0.25) is 0 Å². The first-order chi connectivity index (χ1) is 13.1. The number of carboxylic acid groups (broad SMARTS) is 1. The first-order valence-electron chi connectivity index (χ1n) is 8.10. The van der Waals surface area contributed by atoms with Crippen molar-refractivity contribution in [3.05, 3.63) is 54.3 Å². The van der Waals surface area contributed by atoms with Gasteiger partial charge in [0.15, 0.2) is 0 Å². The summed E-state index contributed by atoms with van der Waals surface area (Å²) in [7, 11) is 1.74. The quantitative estimate of drug-likeness (QED) is 0.651. The minimum atomic E-state index is -0.250. The highest BCUT2D eigenvalue weighted by Gasteiger charge is 2.27. The number of carbonyl (C=O) groups excluding carboxylic acids is 1. The van der Waals surface area contributed by atoms with Crippen molar-refractivity contribution in [2.24, 2.45) is 7.05 Å². The molecule has 0 aliphatic carbocycles. The number of hydrogen-bond donors (Lipinski definition) is 1. The van der Waals surface area contributed by atoms with Gasteiger partial charge in [0.25, 0.3) is 12.4 Å². The van der Waals surface area contributed by atoms with Crippen LogP contribution in [0.4, 0.5) is 0 Å². The van der Waals surface area contributed by atoms with Gasteiger partial charge in [0.05, 0.1) is 17.9 Å². The van der Waals surface area contributed by atoms with Crippen molar-refractivity contribution < 1.29 is 14.7 Å². The summed E-state index contributed by atoms with van der Waals surface area (Å²) >= 11 is 0. The molecule has 1 aliphatic heterocycles. The van der Waals surface area contributed by atoms with E-state index in [-0.39, 0.29) is 18.2 Å². The highest BCUT2D eigenvalue weighted by atomic mass is 16.3. The highest BCUT2D eigenvalue weighted by molar-refractivity contribution is 5.90. The van der Waals surface area contributed by atoms with E-state index in [1.54, 1.807) is 30.7 Å². The number of nitrogens with zero attached hydrogens (tertiary/aromatic N) is 7. The van der Waals surface area contributed by atoms with Gasteiger partial charge in [-0.2, -0.15) is 0 Å². The minimum absolute atomic E-state index is 0.175. The van der Waals surface area contributed by atoms with Gasteiger partial charge in [-0.1, -0.05) is 0 Å². The van der Waals surface area contributed by atoms with Gasteiger partial charge in [-0.15, -0.1) is 5.10 Å². The molecule has 4 rings (SSSR count). The Morgan fingerprint density at radius 1 is 1.22 bits per heavy atom. The van der Waals surface area contributed by atoms with E-state index < -0.39 is 0 Å². The van der Waals surface area contributed by atoms with Crippen molar-refractivity contribution in [1.82, 2.24) is 34.6 Å². The third-order valence-corrected chi connectivity index (χ3v) is 4.03. The molecule has 0 saturated carbocycles. The van der Waals surface area contributed by atoms with Crippen LogP contribution in [-0.4, -0.2) is 58.6 Å². The van der Waals surface area contributed by atoms with Gasteiger partial charge in [-0.3, -0.25) is 19.3 Å². The maximum absolute atomic E-state index is 12.6. The smallest absolute Gasteiger partial charge is 0.293 e. The Kier molecular flexibility index (Phi) is 5.45. The fourth-order valence-electron chi connectivity index (χ4n) is 2.85. The Morgan fingerprint density at radius 2 is 1.96 bits per heavy atom. The summed E-state index contributed by atoms with van der Waals surface area (Å²) in [5, 5.41) is 11.0. The molecule has 0 radical (unpaired) electrons. The van der Waals surface area contributed by atoms with E-state index in [0.717, 1.165) is 22.5 Å². The predicted octanol–water partition coefficient (Wildman–Crippen LogP) is 0.566. The number of rotatable bonds is 2. The molecule has 4 heterocycles. The standard InChI is InChI=1S/C16H15N7O.CH2O2/c1-22-10-20-15(21-22)16(24)23-7-4-13-12(8-23)14(19-9-18-13)11-2-5-17-6-3-11;2-1-3/h2-3,5-6,9-10H,4,7-8H2,1H3;1H,(H,2,3). The third-order valence-electron chi connectivity index (χ3n) is 4.03. The maximum Gasteiger partial charge on any atom is 0.293 e. The van der Waals surface area contributed by atoms with Crippen molar-refractivity contribution in [3.8, 4) is 11.3 Å². The molecule has 27 heavy (non-hydrogen) atoms. The summed E-state index contributed by atoms with van der Waals surface area (Å²) in [6, 6.07) is 3.81. The van der Waals surface area contributed by atoms with Gasteiger partial charge < -0.3 is 10.0 Å². The molecule has 0 bridgehead atoms. The van der Waals surface area contributed by atoms with Crippen LogP contribution in [0, 0.1) is 0 Å². The van der Waals surface area contributed by atoms with Gasteiger partial charge >= 0.3 is 0 Å². The van der Waals surface area contributed by atoms with Crippen molar-refractivity contribution in [2.75, 3.05) is 6.54 Å². The fraction of sp³-hybridized carbons (Fsp3) is 0.235. The second-order valence-corrected chi connectivity index (χ2v) is 5.71. The lowest BCUT2D eigenvalue weighted by molar-refractivity contribution is -0.122. The third kappa shape index (κ3) is 3.94. The van der Waals surface area contributed by atoms with Gasteiger partial charge in [-0.05, 0) is 12.1 Å². The molecule has 1 aliphatic rings. The Hall–Kier alpha value is -3.69. The van der Waals surface area contributed by atoms with Crippen LogP contribution in [0.1, 0.15) is 21.9 Å². The molecule has 0 fully saturated rings. The van der Waals surface area contributed by atoms with Crippen LogP contribution in [0.15, 0.2) is 37.2 Å². The molecule has 10 heteroatoms. The molecule has 0 atom stereocenters. The van der Waals surface area contributed by atoms with E-state index >= 15 is 0 Å². The largest absolute Gasteiger partial charge is 0.483 e. The molecule has 1 N–H and O–H groups in total. The van der Waals surface area contributed by atoms with Gasteiger partial charge in [-0.25, -0.2) is 15.0 Å². The number of aryl methyl sites for hydroxylation is 1. The molecule has 0 unspecified atom stereocenters. The Balaban J connectivity index is 0.000000659. The van der Waals surface area contributed by atoms with Gasteiger partial charge in [0.2, 0.25) is 5.82 Å². The Labute approximate surface area is 154 Å². The first kappa shape index (κ1) is 18.1. The molecular weight excluding hydrogens is 350 g/mol. The molecule has 0 spiro atoms. The van der Waals surface area contributed by atoms with Crippen LogP contribution in [0.25, 0.3) is 11.3 Å². The van der Waals surface area contributed by atoms with E-state index in [1.165, 1.54) is 11.0 Å². The summed E-state index contributed by atoms with van der Waals surface area (Å²) in [5.74, 6) is 0.0362. The number of aromatic nitrogens is 6. The Bertz CT molecular complexity index is 943. The second-order valence-electron chi connectivity index (χ2n) is 5.71. The van der Waals surface area contributed by atoms with Gasteiger partial charge in [0, 0.05) is 43.5 Å². The molecule has 3 aromatic rings. The van der Waals surface area contributed by atoms with Crippen molar-refractivity contribution in [2.45, 2.75) is 13.0 Å². The number of amides is 1. The van der Waals surface area contributed by atoms with Crippen molar-refractivity contribution in [3.63, 3.8) is 0 Å². The minimum Gasteiger partial charge on any atom is -0.483 e. The lowest BCUT2D eigenvalue weighted by Crippen LogP contribution is -2.37. The number of pyridine rings is 1. The zero-order valence-corrected chi connectivity index (χ0v) is 14.6. The van der Waals surface area contributed by atoms with Crippen LogP contribution < -0.4 is 0 Å². The monoisotopic (exact) mass is 367 g/mol. The van der Waals surface area contributed by atoms with E-state index in [1.807, 2.05) is 12.1 Å². The molecule has 138 valence electrons. The average Bonchev–Trinajstić information content (AvgIpc) is 3.14. The molecule has 10 nitrogen and oxygen atoms in total. The van der Waals surface area contributed by atoms with E-state index in [2.05, 4.69) is 25.0 Å². The number of hydrogen-bond acceptors (Lipinski definition) is 7. The van der Waals surface area contributed by atoms with E-state index in [4.69, 9.17) is 9.90 Å². The van der Waals surface area contributed by atoms with Gasteiger partial charge in [0.1, 0.15) is 12.7 Å². The maximum atomic E-state index is 12.6. The van der Waals surface area contributed by atoms with Crippen LogP contribution in [-0.2, 0) is 24.8 Å². The van der Waals surface area contributed by atoms with Crippen LogP contribution in [0.3, 0.4) is 0 Å². The lowest BCUT2D eigenvalue weighted by Gasteiger charge is -2.28. The van der Waals surface area contributed by atoms with E-state index in [9.17, 15) is 4.79 Å². The summed E-state index contributed by atoms with van der Waals surface area (Å²) in [6.07, 6.45) is 7.25. The molecule has 3 aromatic heterocycles. The fourth-order valence-corrected chi connectivity index (χ4v) is 2.85. The summed E-state index contributed by atoms with van der Waals surface area (Å²) in [4.78, 5) is 39.6. The first-order valence-corrected chi connectivity index (χ1v) is 8.10. The summed E-state index contributed by atoms with van der Waals surface area (Å²) in [5.41, 5.74) is 3.76. The zero-order valence-electron chi connectivity index (χ0n) is 14.6. The average molecular weight is 367 g/mol. The normalized spacial score (nSPS) is 12.6. The highest BCUT2D eigenvalue weighted by Crippen LogP contribution is 2.27. The molecule has 1 amide bonds. The van der Waals surface area contributed by atoms with Crippen molar-refractivity contribution >= 4 is 12.4 Å². The predicted molar refractivity (Wildman–Crippen MR) is 93.4 cm³/mol. The zero-order chi connectivity index (χ0) is 19.2. The number of carbonyl (C=O) groups is 2. The van der Waals surface area contributed by atoms with E-state index in [0.29, 0.717) is 19.5 Å². The SMILES string of the molecule is Cn1cnc(C(=O)N2CCc3ncnc(-c4ccncc4)c3C2)n1.O=CO. The number of fused-ring (bicyclic) bond motifs is 1. The summed E-state index contributed by atoms with van der Waals surface area (Å²) in [6.45, 7) is 0.793. The van der Waals surface area contributed by atoms with Crippen LogP contribution in [0.5, 0.6) is 0 Å². The lowest BCUT2D eigenvalue weighted by atomic mass is 10.00. The topological polar surface area (TPSA) is 127 Å². The molecule has 0 aromatic carbocycles. The van der Waals surface area contributed by atoms with Crippen molar-refractivity contribution in [1.29, 1.82) is 0 Å². The molecule has 0 saturated heterocycles. The second kappa shape index (κ2) is 8.13. The molecular formula is C17H17N7O3.